The number of halogens is 1. The van der Waals surface area contributed by atoms with E-state index in [2.05, 4.69) is 26.2 Å². The van der Waals surface area contributed by atoms with Crippen LogP contribution in [0.5, 0.6) is 0 Å². The molecule has 1 aromatic carbocycles. The highest BCUT2D eigenvalue weighted by Gasteiger charge is 2.12. The van der Waals surface area contributed by atoms with Gasteiger partial charge in [-0.1, -0.05) is 15.9 Å². The first-order valence-corrected chi connectivity index (χ1v) is 9.07. The van der Waals surface area contributed by atoms with Crippen molar-refractivity contribution in [1.82, 2.24) is 9.55 Å². The second-order valence-corrected chi connectivity index (χ2v) is 7.63. The Balaban J connectivity index is 1.72. The van der Waals surface area contributed by atoms with Gasteiger partial charge in [0.25, 0.3) is 5.56 Å². The molecule has 3 rings (SSSR count). The zero-order valence-corrected chi connectivity index (χ0v) is 15.7. The first-order chi connectivity index (χ1) is 11.5. The Morgan fingerprint density at radius 3 is 2.71 bits per heavy atom. The van der Waals surface area contributed by atoms with E-state index in [1.54, 1.807) is 0 Å². The summed E-state index contributed by atoms with van der Waals surface area (Å²) in [6.07, 6.45) is 1.73. The SMILES string of the molecule is Cc1sc2ncn(CCC(=O)Nc3ccc(Br)cc3)c(=O)c2c1C. The summed E-state index contributed by atoms with van der Waals surface area (Å²) < 4.78 is 2.45. The van der Waals surface area contributed by atoms with Crippen LogP contribution in [0.15, 0.2) is 39.9 Å². The number of amides is 1. The lowest BCUT2D eigenvalue weighted by molar-refractivity contribution is -0.116. The molecule has 2 heterocycles. The molecule has 0 radical (unpaired) electrons. The number of hydrogen-bond acceptors (Lipinski definition) is 4. The maximum atomic E-state index is 12.6. The van der Waals surface area contributed by atoms with E-state index in [0.717, 1.165) is 25.4 Å². The number of aromatic nitrogens is 2. The van der Waals surface area contributed by atoms with Crippen LogP contribution in [0.1, 0.15) is 16.9 Å². The Bertz CT molecular complexity index is 960. The maximum Gasteiger partial charge on any atom is 0.262 e. The Kier molecular flexibility index (Phi) is 4.82. The highest BCUT2D eigenvalue weighted by Crippen LogP contribution is 2.25. The van der Waals surface area contributed by atoms with Gasteiger partial charge in [-0.15, -0.1) is 11.3 Å². The number of anilines is 1. The molecule has 2 aromatic heterocycles. The monoisotopic (exact) mass is 405 g/mol. The second-order valence-electron chi connectivity index (χ2n) is 5.51. The fourth-order valence-corrected chi connectivity index (χ4v) is 3.66. The van der Waals surface area contributed by atoms with Gasteiger partial charge in [-0.25, -0.2) is 4.98 Å². The van der Waals surface area contributed by atoms with Gasteiger partial charge in [0.15, 0.2) is 0 Å². The highest BCUT2D eigenvalue weighted by molar-refractivity contribution is 9.10. The van der Waals surface area contributed by atoms with Gasteiger partial charge in [0.05, 0.1) is 11.7 Å². The van der Waals surface area contributed by atoms with Crippen molar-refractivity contribution in [3.63, 3.8) is 0 Å². The average Bonchev–Trinajstić information content (AvgIpc) is 2.84. The van der Waals surface area contributed by atoms with Crippen molar-refractivity contribution in [3.8, 4) is 0 Å². The molecule has 0 aliphatic heterocycles. The number of nitrogens with zero attached hydrogens (tertiary/aromatic N) is 2. The zero-order valence-electron chi connectivity index (χ0n) is 13.3. The summed E-state index contributed by atoms with van der Waals surface area (Å²) in [4.78, 5) is 30.8. The third-order valence-electron chi connectivity index (χ3n) is 3.86. The van der Waals surface area contributed by atoms with E-state index in [9.17, 15) is 9.59 Å². The molecule has 3 aromatic rings. The summed E-state index contributed by atoms with van der Waals surface area (Å²) in [5.74, 6) is -0.137. The molecule has 0 spiro atoms. The Hall–Kier alpha value is -1.99. The Labute approximate surface area is 151 Å². The summed E-state index contributed by atoms with van der Waals surface area (Å²) in [5.41, 5.74) is 1.62. The van der Waals surface area contributed by atoms with Crippen molar-refractivity contribution >= 4 is 49.1 Å². The van der Waals surface area contributed by atoms with E-state index in [-0.39, 0.29) is 17.9 Å². The lowest BCUT2D eigenvalue weighted by atomic mass is 10.2. The van der Waals surface area contributed by atoms with Crippen molar-refractivity contribution in [2.75, 3.05) is 5.32 Å². The van der Waals surface area contributed by atoms with Crippen molar-refractivity contribution in [2.24, 2.45) is 0 Å². The van der Waals surface area contributed by atoms with E-state index >= 15 is 0 Å². The largest absolute Gasteiger partial charge is 0.326 e. The molecule has 0 aliphatic carbocycles. The predicted octanol–water partition coefficient (Wildman–Crippen LogP) is 3.87. The van der Waals surface area contributed by atoms with E-state index in [4.69, 9.17) is 0 Å². The smallest absolute Gasteiger partial charge is 0.262 e. The number of carbonyl (C=O) groups excluding carboxylic acids is 1. The van der Waals surface area contributed by atoms with Crippen LogP contribution >= 0.6 is 27.3 Å². The van der Waals surface area contributed by atoms with Crippen LogP contribution in [-0.2, 0) is 11.3 Å². The number of rotatable bonds is 4. The van der Waals surface area contributed by atoms with Crippen molar-refractivity contribution in [1.29, 1.82) is 0 Å². The molecule has 124 valence electrons. The first kappa shape index (κ1) is 16.9. The summed E-state index contributed by atoms with van der Waals surface area (Å²) in [5, 5.41) is 3.48. The number of hydrogen-bond donors (Lipinski definition) is 1. The first-order valence-electron chi connectivity index (χ1n) is 7.46. The summed E-state index contributed by atoms with van der Waals surface area (Å²) in [7, 11) is 0. The molecule has 0 saturated heterocycles. The van der Waals surface area contributed by atoms with Gasteiger partial charge in [-0.05, 0) is 43.7 Å². The van der Waals surface area contributed by atoms with Crippen LogP contribution in [0.4, 0.5) is 5.69 Å². The molecule has 1 amide bonds. The van der Waals surface area contributed by atoms with Gasteiger partial charge in [0.2, 0.25) is 5.91 Å². The topological polar surface area (TPSA) is 64.0 Å². The lowest BCUT2D eigenvalue weighted by Crippen LogP contribution is -2.23. The fraction of sp³-hybridized carbons (Fsp3) is 0.235. The molecule has 0 aliphatic rings. The predicted molar refractivity (Wildman–Crippen MR) is 101 cm³/mol. The molecule has 0 atom stereocenters. The van der Waals surface area contributed by atoms with Crippen LogP contribution in [0.2, 0.25) is 0 Å². The second kappa shape index (κ2) is 6.86. The number of nitrogens with one attached hydrogen (secondary N) is 1. The third-order valence-corrected chi connectivity index (χ3v) is 5.51. The van der Waals surface area contributed by atoms with Crippen LogP contribution < -0.4 is 10.9 Å². The molecule has 0 unspecified atom stereocenters. The van der Waals surface area contributed by atoms with E-state index in [1.807, 2.05) is 38.1 Å². The van der Waals surface area contributed by atoms with Crippen molar-refractivity contribution in [3.05, 3.63) is 55.9 Å². The van der Waals surface area contributed by atoms with Crippen LogP contribution in [0.25, 0.3) is 10.2 Å². The number of benzene rings is 1. The van der Waals surface area contributed by atoms with E-state index in [1.165, 1.54) is 22.2 Å². The number of thiophene rings is 1. The minimum atomic E-state index is -0.137. The molecule has 24 heavy (non-hydrogen) atoms. The molecule has 7 heteroatoms. The number of aryl methyl sites for hydroxylation is 3. The molecule has 0 saturated carbocycles. The lowest BCUT2D eigenvalue weighted by Gasteiger charge is -2.07. The van der Waals surface area contributed by atoms with Crippen LogP contribution in [-0.4, -0.2) is 15.5 Å². The van der Waals surface area contributed by atoms with Crippen molar-refractivity contribution in [2.45, 2.75) is 26.8 Å². The van der Waals surface area contributed by atoms with Crippen LogP contribution in [0.3, 0.4) is 0 Å². The normalized spacial score (nSPS) is 11.0. The summed E-state index contributed by atoms with van der Waals surface area (Å²) in [6.45, 7) is 4.22. The van der Waals surface area contributed by atoms with E-state index in [0.29, 0.717) is 11.9 Å². The molecule has 1 N–H and O–H groups in total. The average molecular weight is 406 g/mol. The Morgan fingerprint density at radius 2 is 2.00 bits per heavy atom. The summed E-state index contributed by atoms with van der Waals surface area (Å²) in [6, 6.07) is 7.36. The molecular formula is C17H16BrN3O2S. The van der Waals surface area contributed by atoms with Gasteiger partial charge < -0.3 is 5.32 Å². The molecule has 0 bridgehead atoms. The molecule has 5 nitrogen and oxygen atoms in total. The number of fused-ring (bicyclic) bond motifs is 1. The number of carbonyl (C=O) groups is 1. The fourth-order valence-electron chi connectivity index (χ4n) is 2.41. The van der Waals surface area contributed by atoms with Gasteiger partial charge in [0.1, 0.15) is 4.83 Å². The minimum Gasteiger partial charge on any atom is -0.326 e. The van der Waals surface area contributed by atoms with Gasteiger partial charge in [0, 0.05) is 28.0 Å². The van der Waals surface area contributed by atoms with Crippen LogP contribution in [0, 0.1) is 13.8 Å². The third kappa shape index (κ3) is 3.42. The highest BCUT2D eigenvalue weighted by atomic mass is 79.9. The Morgan fingerprint density at radius 1 is 1.29 bits per heavy atom. The van der Waals surface area contributed by atoms with Gasteiger partial charge in [-0.3, -0.25) is 14.2 Å². The van der Waals surface area contributed by atoms with Gasteiger partial charge >= 0.3 is 0 Å². The van der Waals surface area contributed by atoms with E-state index < -0.39 is 0 Å². The standard InChI is InChI=1S/C17H16BrN3O2S/c1-10-11(2)24-16-15(10)17(23)21(9-19-16)8-7-14(22)20-13-5-3-12(18)4-6-13/h3-6,9H,7-8H2,1-2H3,(H,20,22). The van der Waals surface area contributed by atoms with Crippen molar-refractivity contribution < 1.29 is 4.79 Å². The minimum absolute atomic E-state index is 0.0849. The van der Waals surface area contributed by atoms with Gasteiger partial charge in [-0.2, -0.15) is 0 Å². The maximum absolute atomic E-state index is 12.6. The molecular weight excluding hydrogens is 390 g/mol. The quantitative estimate of drug-likeness (QED) is 0.716. The summed E-state index contributed by atoms with van der Waals surface area (Å²) >= 11 is 4.87. The zero-order chi connectivity index (χ0) is 17.3. The molecule has 0 fully saturated rings.